The summed E-state index contributed by atoms with van der Waals surface area (Å²) in [4.78, 5) is 15.7. The number of esters is 1. The quantitative estimate of drug-likeness (QED) is 0.743. The summed E-state index contributed by atoms with van der Waals surface area (Å²) in [6, 6.07) is 3.32. The number of hydrogen-bond donors (Lipinski definition) is 0. The van der Waals surface area contributed by atoms with Crippen LogP contribution in [-0.2, 0) is 21.3 Å². The van der Waals surface area contributed by atoms with Crippen LogP contribution in [0.5, 0.6) is 0 Å². The number of methoxy groups -OCH3 is 1. The van der Waals surface area contributed by atoms with Gasteiger partial charge in [0.15, 0.2) is 0 Å². The van der Waals surface area contributed by atoms with Crippen LogP contribution in [0.2, 0.25) is 0 Å². The van der Waals surface area contributed by atoms with Crippen LogP contribution in [0.4, 0.5) is 0 Å². The Hall–Kier alpha value is -1.23. The van der Waals surface area contributed by atoms with E-state index < -0.39 is 16.8 Å². The lowest BCUT2D eigenvalue weighted by Crippen LogP contribution is -2.13. The molecule has 1 heterocycles. The third-order valence-electron chi connectivity index (χ3n) is 2.76. The molecule has 1 rings (SSSR count). The van der Waals surface area contributed by atoms with Crippen molar-refractivity contribution < 1.29 is 13.7 Å². The van der Waals surface area contributed by atoms with Crippen LogP contribution in [0.3, 0.4) is 0 Å². The van der Waals surface area contributed by atoms with Crippen molar-refractivity contribution in [2.24, 2.45) is 5.92 Å². The fraction of sp³-hybridized carbons (Fsp3) is 0.538. The molecular formula is C13H19NO3S. The Bertz CT molecular complexity index is 434. The van der Waals surface area contributed by atoms with Crippen molar-refractivity contribution in [2.45, 2.75) is 26.0 Å². The van der Waals surface area contributed by atoms with Crippen LogP contribution in [0, 0.1) is 5.92 Å². The molecule has 0 bridgehead atoms. The van der Waals surface area contributed by atoms with E-state index in [4.69, 9.17) is 0 Å². The fourth-order valence-corrected chi connectivity index (χ4v) is 3.02. The summed E-state index contributed by atoms with van der Waals surface area (Å²) < 4.78 is 16.6. The molecule has 0 spiro atoms. The van der Waals surface area contributed by atoms with Gasteiger partial charge in [-0.15, -0.1) is 0 Å². The predicted molar refractivity (Wildman–Crippen MR) is 71.7 cm³/mol. The van der Waals surface area contributed by atoms with Crippen LogP contribution in [0.25, 0.3) is 0 Å². The van der Waals surface area contributed by atoms with Gasteiger partial charge in [-0.1, -0.05) is 20.3 Å². The molecule has 1 aromatic heterocycles. The van der Waals surface area contributed by atoms with Gasteiger partial charge in [0.2, 0.25) is 0 Å². The molecule has 0 saturated carbocycles. The molecule has 0 aliphatic carbocycles. The molecule has 0 N–H and O–H groups in total. The minimum absolute atomic E-state index is 0.301. The molecule has 0 aromatic carbocycles. The first-order valence-corrected chi connectivity index (χ1v) is 7.44. The highest BCUT2D eigenvalue weighted by Gasteiger charge is 2.15. The largest absolute Gasteiger partial charge is 0.465 e. The average Bonchev–Trinajstić information content (AvgIpc) is 2.38. The van der Waals surface area contributed by atoms with Crippen molar-refractivity contribution >= 4 is 16.8 Å². The van der Waals surface area contributed by atoms with Crippen LogP contribution in [-0.4, -0.2) is 28.0 Å². The van der Waals surface area contributed by atoms with Crippen LogP contribution in [0.15, 0.2) is 18.3 Å². The van der Waals surface area contributed by atoms with Crippen molar-refractivity contribution in [1.29, 1.82) is 0 Å². The Morgan fingerprint density at radius 3 is 2.89 bits per heavy atom. The average molecular weight is 269 g/mol. The molecule has 5 heteroatoms. The van der Waals surface area contributed by atoms with Gasteiger partial charge in [0.05, 0.1) is 24.1 Å². The van der Waals surface area contributed by atoms with Gasteiger partial charge in [0, 0.05) is 22.7 Å². The molecule has 18 heavy (non-hydrogen) atoms. The zero-order valence-corrected chi connectivity index (χ0v) is 11.8. The molecular weight excluding hydrogens is 250 g/mol. The van der Waals surface area contributed by atoms with E-state index in [9.17, 15) is 9.00 Å². The van der Waals surface area contributed by atoms with Gasteiger partial charge in [-0.3, -0.25) is 9.19 Å². The Balaban J connectivity index is 2.78. The molecule has 2 unspecified atom stereocenters. The van der Waals surface area contributed by atoms with Gasteiger partial charge < -0.3 is 4.74 Å². The number of carbonyl (C=O) groups is 1. The minimum Gasteiger partial charge on any atom is -0.465 e. The van der Waals surface area contributed by atoms with Gasteiger partial charge in [-0.2, -0.15) is 0 Å². The Kier molecular flexibility index (Phi) is 5.98. The highest BCUT2D eigenvalue weighted by atomic mass is 32.2. The fourth-order valence-electron chi connectivity index (χ4n) is 1.50. The smallest absolute Gasteiger partial charge is 0.339 e. The monoisotopic (exact) mass is 269 g/mol. The maximum absolute atomic E-state index is 12.0. The van der Waals surface area contributed by atoms with E-state index in [-0.39, 0.29) is 0 Å². The minimum atomic E-state index is -1.00. The maximum atomic E-state index is 12.0. The van der Waals surface area contributed by atoms with E-state index >= 15 is 0 Å². The first-order chi connectivity index (χ1) is 8.58. The standard InChI is InChI=1S/C13H19NO3S/c1-4-10(2)8-18(16)9-12-11(13(15)17-3)6-5-7-14-12/h5-7,10H,4,8-9H2,1-3H3. The molecule has 0 amide bonds. The molecule has 0 aliphatic rings. The maximum Gasteiger partial charge on any atom is 0.339 e. The Morgan fingerprint density at radius 2 is 2.28 bits per heavy atom. The molecule has 0 saturated heterocycles. The number of pyridine rings is 1. The van der Waals surface area contributed by atoms with Crippen LogP contribution < -0.4 is 0 Å². The molecule has 2 atom stereocenters. The lowest BCUT2D eigenvalue weighted by Gasteiger charge is -2.09. The van der Waals surface area contributed by atoms with Gasteiger partial charge in [0.1, 0.15) is 0 Å². The second-order valence-corrected chi connectivity index (χ2v) is 5.76. The molecule has 4 nitrogen and oxygen atoms in total. The number of rotatable bonds is 6. The van der Waals surface area contributed by atoms with E-state index in [1.165, 1.54) is 7.11 Å². The van der Waals surface area contributed by atoms with E-state index in [1.54, 1.807) is 18.3 Å². The summed E-state index contributed by atoms with van der Waals surface area (Å²) in [6.45, 7) is 4.14. The summed E-state index contributed by atoms with van der Waals surface area (Å²) in [6.07, 6.45) is 2.60. The van der Waals surface area contributed by atoms with E-state index in [1.807, 2.05) is 0 Å². The second kappa shape index (κ2) is 7.26. The molecule has 0 aliphatic heterocycles. The first-order valence-electron chi connectivity index (χ1n) is 5.95. The van der Waals surface area contributed by atoms with Crippen LogP contribution >= 0.6 is 0 Å². The van der Waals surface area contributed by atoms with Crippen molar-refractivity contribution in [3.63, 3.8) is 0 Å². The Labute approximate surface area is 110 Å². The van der Waals surface area contributed by atoms with Gasteiger partial charge in [-0.25, -0.2) is 4.79 Å². The van der Waals surface area contributed by atoms with Crippen LogP contribution in [0.1, 0.15) is 36.3 Å². The van der Waals surface area contributed by atoms with Gasteiger partial charge in [0.25, 0.3) is 0 Å². The first kappa shape index (κ1) is 14.8. The summed E-state index contributed by atoms with van der Waals surface area (Å²) in [7, 11) is 0.329. The van der Waals surface area contributed by atoms with E-state index in [0.29, 0.717) is 28.7 Å². The lowest BCUT2D eigenvalue weighted by atomic mass is 10.2. The second-order valence-electron chi connectivity index (χ2n) is 4.25. The van der Waals surface area contributed by atoms with Crippen molar-refractivity contribution in [3.05, 3.63) is 29.6 Å². The normalized spacial score (nSPS) is 13.9. The van der Waals surface area contributed by atoms with Crippen molar-refractivity contribution in [2.75, 3.05) is 12.9 Å². The summed E-state index contributed by atoms with van der Waals surface area (Å²) in [5.74, 6) is 0.915. The van der Waals surface area contributed by atoms with Crippen molar-refractivity contribution in [3.8, 4) is 0 Å². The topological polar surface area (TPSA) is 56.3 Å². The highest BCUT2D eigenvalue weighted by molar-refractivity contribution is 7.84. The SMILES string of the molecule is CCC(C)CS(=O)Cc1ncccc1C(=O)OC. The third-order valence-corrected chi connectivity index (χ3v) is 4.30. The highest BCUT2D eigenvalue weighted by Crippen LogP contribution is 2.12. The number of carbonyl (C=O) groups excluding carboxylic acids is 1. The summed E-state index contributed by atoms with van der Waals surface area (Å²) >= 11 is 0. The number of ether oxygens (including phenoxy) is 1. The zero-order valence-electron chi connectivity index (χ0n) is 11.0. The summed E-state index contributed by atoms with van der Waals surface area (Å²) in [5, 5.41) is 0. The third kappa shape index (κ3) is 4.22. The van der Waals surface area contributed by atoms with Gasteiger partial charge in [-0.05, 0) is 18.1 Å². The molecule has 1 aromatic rings. The molecule has 100 valence electrons. The van der Waals surface area contributed by atoms with Crippen molar-refractivity contribution in [1.82, 2.24) is 4.98 Å². The lowest BCUT2D eigenvalue weighted by molar-refractivity contribution is 0.0599. The van der Waals surface area contributed by atoms with E-state index in [0.717, 1.165) is 6.42 Å². The molecule has 0 fully saturated rings. The summed E-state index contributed by atoms with van der Waals surface area (Å²) in [5.41, 5.74) is 0.948. The number of hydrogen-bond acceptors (Lipinski definition) is 4. The van der Waals surface area contributed by atoms with Gasteiger partial charge >= 0.3 is 5.97 Å². The number of aromatic nitrogens is 1. The number of nitrogens with zero attached hydrogens (tertiary/aromatic N) is 1. The zero-order chi connectivity index (χ0) is 13.5. The van der Waals surface area contributed by atoms with E-state index in [2.05, 4.69) is 23.6 Å². The molecule has 0 radical (unpaired) electrons. The Morgan fingerprint density at radius 1 is 1.56 bits per heavy atom. The predicted octanol–water partition coefficient (Wildman–Crippen LogP) is 2.16.